The molecule has 1 saturated carbocycles. The zero-order valence-electron chi connectivity index (χ0n) is 18.6. The molecule has 4 heteroatoms. The van der Waals surface area contributed by atoms with Crippen molar-refractivity contribution < 1.29 is 4.79 Å². The number of carbonyl (C=O) groups excluding carboxylic acids is 1. The minimum absolute atomic E-state index is 0.0727. The van der Waals surface area contributed by atoms with Crippen LogP contribution in [0.15, 0.2) is 48.5 Å². The molecule has 0 unspecified atom stereocenters. The summed E-state index contributed by atoms with van der Waals surface area (Å²) >= 11 is 6.26. The number of anilines is 1. The molecule has 2 aliphatic carbocycles. The lowest BCUT2D eigenvalue weighted by molar-refractivity contribution is -0.111. The maximum atomic E-state index is 12.8. The summed E-state index contributed by atoms with van der Waals surface area (Å²) in [4.78, 5) is 12.8. The van der Waals surface area contributed by atoms with Crippen LogP contribution in [0.5, 0.6) is 0 Å². The third kappa shape index (κ3) is 4.63. The van der Waals surface area contributed by atoms with Gasteiger partial charge in [-0.05, 0) is 92.0 Å². The summed E-state index contributed by atoms with van der Waals surface area (Å²) < 4.78 is 2.37. The highest BCUT2D eigenvalue weighted by Gasteiger charge is 2.17. The monoisotopic (exact) mass is 446 g/mol. The van der Waals surface area contributed by atoms with Gasteiger partial charge in [0.15, 0.2) is 0 Å². The standard InChI is InChI=1S/C28H31ClN2O/c29-23-13-15-27-22(17-23)18-24(31(27)19-20-7-2-1-3-8-20)14-16-28(32)30-26-12-6-10-21-9-4-5-11-25(21)26/h6,10,12-18,20H,1-5,7-9,11,19H2,(H,30,32)/b16-14+. The summed E-state index contributed by atoms with van der Waals surface area (Å²) in [5.74, 6) is 0.628. The minimum atomic E-state index is -0.0727. The number of benzene rings is 2. The summed E-state index contributed by atoms with van der Waals surface area (Å²) in [5.41, 5.74) is 5.91. The summed E-state index contributed by atoms with van der Waals surface area (Å²) in [6.45, 7) is 0.999. The van der Waals surface area contributed by atoms with Gasteiger partial charge >= 0.3 is 0 Å². The zero-order valence-corrected chi connectivity index (χ0v) is 19.3. The molecule has 1 aromatic heterocycles. The fraction of sp³-hybridized carbons (Fsp3) is 0.393. The van der Waals surface area contributed by atoms with Crippen molar-refractivity contribution in [1.82, 2.24) is 4.57 Å². The molecule has 3 nitrogen and oxygen atoms in total. The maximum Gasteiger partial charge on any atom is 0.248 e. The molecule has 2 aromatic carbocycles. The molecule has 1 heterocycles. The molecular weight excluding hydrogens is 416 g/mol. The SMILES string of the molecule is O=C(/C=C/c1cc2cc(Cl)ccc2n1CC1CCCCC1)Nc1cccc2c1CCCC2. The highest BCUT2D eigenvalue weighted by molar-refractivity contribution is 6.31. The van der Waals surface area contributed by atoms with E-state index in [1.54, 1.807) is 6.08 Å². The number of fused-ring (bicyclic) bond motifs is 2. The van der Waals surface area contributed by atoms with Crippen LogP contribution >= 0.6 is 11.6 Å². The molecule has 166 valence electrons. The van der Waals surface area contributed by atoms with Crippen molar-refractivity contribution in [2.75, 3.05) is 5.32 Å². The first-order chi connectivity index (χ1) is 15.7. The summed E-state index contributed by atoms with van der Waals surface area (Å²) in [7, 11) is 0. The van der Waals surface area contributed by atoms with E-state index in [2.05, 4.69) is 34.1 Å². The Kier molecular flexibility index (Phi) is 6.36. The van der Waals surface area contributed by atoms with Crippen LogP contribution in [-0.2, 0) is 24.2 Å². The number of aromatic nitrogens is 1. The lowest BCUT2D eigenvalue weighted by Crippen LogP contribution is -2.15. The molecule has 0 aliphatic heterocycles. The predicted molar refractivity (Wildman–Crippen MR) is 134 cm³/mol. The van der Waals surface area contributed by atoms with Gasteiger partial charge < -0.3 is 9.88 Å². The van der Waals surface area contributed by atoms with Crippen LogP contribution in [-0.4, -0.2) is 10.5 Å². The Labute approximate surface area is 195 Å². The number of rotatable bonds is 5. The second-order valence-corrected chi connectivity index (χ2v) is 9.80. The van der Waals surface area contributed by atoms with E-state index in [0.717, 1.165) is 41.2 Å². The molecule has 1 amide bonds. The fourth-order valence-electron chi connectivity index (χ4n) is 5.47. The van der Waals surface area contributed by atoms with Gasteiger partial charge in [-0.1, -0.05) is 43.0 Å². The number of hydrogen-bond acceptors (Lipinski definition) is 1. The maximum absolute atomic E-state index is 12.8. The van der Waals surface area contributed by atoms with E-state index in [0.29, 0.717) is 5.92 Å². The number of aryl methyl sites for hydroxylation is 1. The third-order valence-electron chi connectivity index (χ3n) is 7.12. The van der Waals surface area contributed by atoms with Crippen molar-refractivity contribution in [2.45, 2.75) is 64.3 Å². The molecule has 3 aromatic rings. The lowest BCUT2D eigenvalue weighted by atomic mass is 9.89. The van der Waals surface area contributed by atoms with Crippen LogP contribution in [0.1, 0.15) is 61.8 Å². The van der Waals surface area contributed by atoms with Crippen LogP contribution in [0, 0.1) is 5.92 Å². The van der Waals surface area contributed by atoms with Crippen molar-refractivity contribution in [3.8, 4) is 0 Å². The predicted octanol–water partition coefficient (Wildman–Crippen LogP) is 7.41. The van der Waals surface area contributed by atoms with Gasteiger partial charge in [0.2, 0.25) is 5.91 Å². The molecule has 0 bridgehead atoms. The quantitative estimate of drug-likeness (QED) is 0.407. The van der Waals surface area contributed by atoms with Gasteiger partial charge in [0.1, 0.15) is 0 Å². The van der Waals surface area contributed by atoms with Gasteiger partial charge in [-0.15, -0.1) is 0 Å². The number of nitrogens with one attached hydrogen (secondary N) is 1. The molecule has 32 heavy (non-hydrogen) atoms. The topological polar surface area (TPSA) is 34.0 Å². The largest absolute Gasteiger partial charge is 0.341 e. The van der Waals surface area contributed by atoms with Gasteiger partial charge in [-0.25, -0.2) is 0 Å². The average molecular weight is 447 g/mol. The highest BCUT2D eigenvalue weighted by Crippen LogP contribution is 2.31. The zero-order chi connectivity index (χ0) is 21.9. The molecule has 0 spiro atoms. The molecule has 0 atom stereocenters. The number of hydrogen-bond donors (Lipinski definition) is 1. The first-order valence-corrected chi connectivity index (χ1v) is 12.4. The van der Waals surface area contributed by atoms with Crippen molar-refractivity contribution in [2.24, 2.45) is 5.92 Å². The van der Waals surface area contributed by atoms with Crippen molar-refractivity contribution in [3.63, 3.8) is 0 Å². The molecule has 1 fully saturated rings. The molecular formula is C28H31ClN2O. The normalized spacial score (nSPS) is 17.0. The van der Waals surface area contributed by atoms with Gasteiger partial charge in [-0.2, -0.15) is 0 Å². The number of carbonyl (C=O) groups is 1. The van der Waals surface area contributed by atoms with Crippen LogP contribution in [0.25, 0.3) is 17.0 Å². The van der Waals surface area contributed by atoms with Gasteiger partial charge in [-0.3, -0.25) is 4.79 Å². The van der Waals surface area contributed by atoms with Crippen molar-refractivity contribution in [3.05, 3.63) is 70.4 Å². The fourth-order valence-corrected chi connectivity index (χ4v) is 5.65. The van der Waals surface area contributed by atoms with Crippen LogP contribution in [0.4, 0.5) is 5.69 Å². The Morgan fingerprint density at radius 2 is 1.88 bits per heavy atom. The molecule has 0 radical (unpaired) electrons. The second-order valence-electron chi connectivity index (χ2n) is 9.36. The number of amides is 1. The third-order valence-corrected chi connectivity index (χ3v) is 7.36. The Hall–Kier alpha value is -2.52. The molecule has 5 rings (SSSR count). The molecule has 0 saturated heterocycles. The van der Waals surface area contributed by atoms with Crippen molar-refractivity contribution in [1.29, 1.82) is 0 Å². The van der Waals surface area contributed by atoms with E-state index in [1.807, 2.05) is 24.3 Å². The Morgan fingerprint density at radius 3 is 2.75 bits per heavy atom. The Balaban J connectivity index is 1.39. The van der Waals surface area contributed by atoms with E-state index < -0.39 is 0 Å². The van der Waals surface area contributed by atoms with Crippen LogP contribution < -0.4 is 5.32 Å². The highest BCUT2D eigenvalue weighted by atomic mass is 35.5. The van der Waals surface area contributed by atoms with Gasteiger partial charge in [0, 0.05) is 39.9 Å². The first-order valence-electron chi connectivity index (χ1n) is 12.1. The van der Waals surface area contributed by atoms with E-state index in [9.17, 15) is 4.79 Å². The van der Waals surface area contributed by atoms with Crippen LogP contribution in [0.2, 0.25) is 5.02 Å². The second kappa shape index (κ2) is 9.54. The van der Waals surface area contributed by atoms with E-state index in [-0.39, 0.29) is 5.91 Å². The first kappa shape index (κ1) is 21.3. The average Bonchev–Trinajstić information content (AvgIpc) is 3.15. The van der Waals surface area contributed by atoms with Gasteiger partial charge in [0.25, 0.3) is 0 Å². The summed E-state index contributed by atoms with van der Waals surface area (Å²) in [5, 5.41) is 5.00. The molecule has 1 N–H and O–H groups in total. The minimum Gasteiger partial charge on any atom is -0.341 e. The number of halogens is 1. The smallest absolute Gasteiger partial charge is 0.248 e. The Morgan fingerprint density at radius 1 is 1.03 bits per heavy atom. The summed E-state index contributed by atoms with van der Waals surface area (Å²) in [6.07, 6.45) is 14.8. The van der Waals surface area contributed by atoms with Gasteiger partial charge in [0.05, 0.1) is 0 Å². The van der Waals surface area contributed by atoms with Crippen LogP contribution in [0.3, 0.4) is 0 Å². The van der Waals surface area contributed by atoms with E-state index in [4.69, 9.17) is 11.6 Å². The number of nitrogens with zero attached hydrogens (tertiary/aromatic N) is 1. The Bertz CT molecular complexity index is 1150. The molecule has 2 aliphatic rings. The summed E-state index contributed by atoms with van der Waals surface area (Å²) in [6, 6.07) is 14.5. The van der Waals surface area contributed by atoms with E-state index in [1.165, 1.54) is 61.6 Å². The van der Waals surface area contributed by atoms with E-state index >= 15 is 0 Å². The lowest BCUT2D eigenvalue weighted by Gasteiger charge is -2.23. The van der Waals surface area contributed by atoms with Crippen molar-refractivity contribution >= 4 is 40.2 Å².